The van der Waals surface area contributed by atoms with Crippen LogP contribution in [0.5, 0.6) is 0 Å². The van der Waals surface area contributed by atoms with Crippen molar-refractivity contribution in [3.63, 3.8) is 0 Å². The summed E-state index contributed by atoms with van der Waals surface area (Å²) in [4.78, 5) is 5.91. The molecular weight excluding hydrogens is 234 g/mol. The highest BCUT2D eigenvalue weighted by molar-refractivity contribution is 6.09. The van der Waals surface area contributed by atoms with Gasteiger partial charge in [0.15, 0.2) is 0 Å². The number of hydrogen-bond acceptors (Lipinski definition) is 2. The van der Waals surface area contributed by atoms with Crippen LogP contribution in [-0.4, -0.2) is 18.1 Å². The molecule has 3 heteroatoms. The Hall–Kier alpha value is -2.16. The zero-order valence-corrected chi connectivity index (χ0v) is 10.8. The largest absolute Gasteiger partial charge is 0.399 e. The highest BCUT2D eigenvalue weighted by Gasteiger charge is 2.13. The average Bonchev–Trinajstić information content (AvgIpc) is 3.05. The Morgan fingerprint density at radius 2 is 1.58 bits per heavy atom. The van der Waals surface area contributed by atoms with Gasteiger partial charge < -0.3 is 15.6 Å². The summed E-state index contributed by atoms with van der Waals surface area (Å²) in [5, 5.41) is 2.49. The number of aromatic amines is 1. The lowest BCUT2D eigenvalue weighted by Gasteiger charge is -2.17. The molecule has 0 aliphatic carbocycles. The Kier molecular flexibility index (Phi) is 2.21. The van der Waals surface area contributed by atoms with E-state index in [1.165, 1.54) is 47.9 Å². The highest BCUT2D eigenvalue weighted by atomic mass is 15.1. The number of fused-ring (bicyclic) bond motifs is 3. The fraction of sp³-hybridized carbons (Fsp3) is 0.250. The predicted molar refractivity (Wildman–Crippen MR) is 81.7 cm³/mol. The molecule has 96 valence electrons. The zero-order chi connectivity index (χ0) is 12.8. The summed E-state index contributed by atoms with van der Waals surface area (Å²) in [5.41, 5.74) is 10.4. The second kappa shape index (κ2) is 3.92. The van der Waals surface area contributed by atoms with Gasteiger partial charge in [-0.1, -0.05) is 0 Å². The van der Waals surface area contributed by atoms with Crippen molar-refractivity contribution in [2.45, 2.75) is 12.8 Å². The van der Waals surface area contributed by atoms with E-state index in [2.05, 4.69) is 40.2 Å². The number of nitrogens with one attached hydrogen (secondary N) is 1. The summed E-state index contributed by atoms with van der Waals surface area (Å²) < 4.78 is 0. The van der Waals surface area contributed by atoms with Crippen molar-refractivity contribution in [3.8, 4) is 0 Å². The topological polar surface area (TPSA) is 45.1 Å². The lowest BCUT2D eigenvalue weighted by molar-refractivity contribution is 0.949. The average molecular weight is 251 g/mol. The summed E-state index contributed by atoms with van der Waals surface area (Å²) >= 11 is 0. The van der Waals surface area contributed by atoms with E-state index < -0.39 is 0 Å². The third kappa shape index (κ3) is 1.65. The summed E-state index contributed by atoms with van der Waals surface area (Å²) in [5.74, 6) is 0. The first kappa shape index (κ1) is 10.7. The third-order valence-corrected chi connectivity index (χ3v) is 4.08. The van der Waals surface area contributed by atoms with Crippen LogP contribution in [0.1, 0.15) is 12.8 Å². The maximum absolute atomic E-state index is 5.91. The van der Waals surface area contributed by atoms with Gasteiger partial charge in [0, 0.05) is 46.3 Å². The maximum Gasteiger partial charge on any atom is 0.0466 e. The number of nitrogens with zero attached hydrogens (tertiary/aromatic N) is 1. The van der Waals surface area contributed by atoms with Gasteiger partial charge in [0.1, 0.15) is 0 Å². The van der Waals surface area contributed by atoms with Gasteiger partial charge in [-0.3, -0.25) is 0 Å². The van der Waals surface area contributed by atoms with Crippen LogP contribution in [0.25, 0.3) is 21.8 Å². The standard InChI is InChI=1S/C16H17N3/c17-11-3-5-15-13(9-11)14-10-12(4-6-16(14)18-15)19-7-1-2-8-19/h3-6,9-10,18H,1-2,7-8,17H2. The summed E-state index contributed by atoms with van der Waals surface area (Å²) in [6, 6.07) is 12.7. The van der Waals surface area contributed by atoms with E-state index in [-0.39, 0.29) is 0 Å². The molecule has 0 amide bonds. The van der Waals surface area contributed by atoms with Crippen molar-refractivity contribution in [1.29, 1.82) is 0 Å². The van der Waals surface area contributed by atoms with Gasteiger partial charge in [0.2, 0.25) is 0 Å². The minimum absolute atomic E-state index is 0.819. The number of rotatable bonds is 1. The smallest absolute Gasteiger partial charge is 0.0466 e. The Bertz CT molecular complexity index is 751. The SMILES string of the molecule is Nc1ccc2[nH]c3ccc(N4CCCC4)cc3c2c1. The minimum atomic E-state index is 0.819. The number of H-pyrrole nitrogens is 1. The number of nitrogens with two attached hydrogens (primary N) is 1. The molecule has 1 saturated heterocycles. The van der Waals surface area contributed by atoms with E-state index in [0.29, 0.717) is 0 Å². The molecule has 0 radical (unpaired) electrons. The summed E-state index contributed by atoms with van der Waals surface area (Å²) in [6.07, 6.45) is 2.61. The van der Waals surface area contributed by atoms with Crippen LogP contribution < -0.4 is 10.6 Å². The van der Waals surface area contributed by atoms with E-state index in [4.69, 9.17) is 5.73 Å². The molecule has 1 aliphatic rings. The number of anilines is 2. The van der Waals surface area contributed by atoms with Crippen LogP contribution in [0.15, 0.2) is 36.4 Å². The molecule has 2 heterocycles. The van der Waals surface area contributed by atoms with Crippen LogP contribution in [-0.2, 0) is 0 Å². The van der Waals surface area contributed by atoms with Crippen LogP contribution in [0.2, 0.25) is 0 Å². The first-order chi connectivity index (χ1) is 9.31. The lowest BCUT2D eigenvalue weighted by Crippen LogP contribution is -2.17. The fourth-order valence-corrected chi connectivity index (χ4v) is 3.07. The van der Waals surface area contributed by atoms with Gasteiger partial charge in [0.25, 0.3) is 0 Å². The van der Waals surface area contributed by atoms with Gasteiger partial charge in [-0.05, 0) is 49.2 Å². The number of nitrogen functional groups attached to an aromatic ring is 1. The van der Waals surface area contributed by atoms with Crippen molar-refractivity contribution < 1.29 is 0 Å². The van der Waals surface area contributed by atoms with E-state index in [0.717, 1.165) is 11.2 Å². The highest BCUT2D eigenvalue weighted by Crippen LogP contribution is 2.31. The Morgan fingerprint density at radius 3 is 2.37 bits per heavy atom. The predicted octanol–water partition coefficient (Wildman–Crippen LogP) is 3.50. The van der Waals surface area contributed by atoms with Crippen molar-refractivity contribution in [2.24, 2.45) is 0 Å². The molecule has 0 atom stereocenters. The Labute approximate surface area is 112 Å². The molecule has 0 spiro atoms. The Morgan fingerprint density at radius 1 is 0.895 bits per heavy atom. The summed E-state index contributed by atoms with van der Waals surface area (Å²) in [7, 11) is 0. The first-order valence-corrected chi connectivity index (χ1v) is 6.87. The van der Waals surface area contributed by atoms with Gasteiger partial charge in [0.05, 0.1) is 0 Å². The van der Waals surface area contributed by atoms with E-state index in [1.807, 2.05) is 6.07 Å². The third-order valence-electron chi connectivity index (χ3n) is 4.08. The van der Waals surface area contributed by atoms with Gasteiger partial charge >= 0.3 is 0 Å². The summed E-state index contributed by atoms with van der Waals surface area (Å²) in [6.45, 7) is 2.35. The van der Waals surface area contributed by atoms with Crippen molar-refractivity contribution in [3.05, 3.63) is 36.4 Å². The monoisotopic (exact) mass is 251 g/mol. The first-order valence-electron chi connectivity index (χ1n) is 6.87. The van der Waals surface area contributed by atoms with Crippen molar-refractivity contribution >= 4 is 33.2 Å². The van der Waals surface area contributed by atoms with Crippen molar-refractivity contribution in [2.75, 3.05) is 23.7 Å². The van der Waals surface area contributed by atoms with Gasteiger partial charge in [-0.15, -0.1) is 0 Å². The van der Waals surface area contributed by atoms with E-state index in [1.54, 1.807) is 0 Å². The molecule has 2 aromatic carbocycles. The molecule has 3 nitrogen and oxygen atoms in total. The molecule has 0 bridgehead atoms. The minimum Gasteiger partial charge on any atom is -0.399 e. The lowest BCUT2D eigenvalue weighted by atomic mass is 10.1. The molecular formula is C16H17N3. The molecule has 0 saturated carbocycles. The molecule has 1 aromatic heterocycles. The van der Waals surface area contributed by atoms with E-state index in [9.17, 15) is 0 Å². The molecule has 1 aliphatic heterocycles. The number of benzene rings is 2. The number of hydrogen-bond donors (Lipinski definition) is 2. The fourth-order valence-electron chi connectivity index (χ4n) is 3.07. The van der Waals surface area contributed by atoms with Crippen LogP contribution in [0, 0.1) is 0 Å². The second-order valence-corrected chi connectivity index (χ2v) is 5.35. The quantitative estimate of drug-likeness (QED) is 0.650. The number of aromatic nitrogens is 1. The normalized spacial score (nSPS) is 15.7. The maximum atomic E-state index is 5.91. The van der Waals surface area contributed by atoms with Crippen molar-refractivity contribution in [1.82, 2.24) is 4.98 Å². The van der Waals surface area contributed by atoms with Crippen LogP contribution >= 0.6 is 0 Å². The Balaban J connectivity index is 1.95. The van der Waals surface area contributed by atoms with E-state index >= 15 is 0 Å². The molecule has 0 unspecified atom stereocenters. The molecule has 19 heavy (non-hydrogen) atoms. The van der Waals surface area contributed by atoms with Gasteiger partial charge in [-0.2, -0.15) is 0 Å². The van der Waals surface area contributed by atoms with Crippen LogP contribution in [0.4, 0.5) is 11.4 Å². The molecule has 3 aromatic rings. The second-order valence-electron chi connectivity index (χ2n) is 5.35. The van der Waals surface area contributed by atoms with Crippen LogP contribution in [0.3, 0.4) is 0 Å². The zero-order valence-electron chi connectivity index (χ0n) is 10.8. The molecule has 3 N–H and O–H groups in total. The van der Waals surface area contributed by atoms with Gasteiger partial charge in [-0.25, -0.2) is 0 Å². The molecule has 4 rings (SSSR count). The molecule has 1 fully saturated rings.